The highest BCUT2D eigenvalue weighted by molar-refractivity contribution is 6.33. The Bertz CT molecular complexity index is 584. The summed E-state index contributed by atoms with van der Waals surface area (Å²) < 4.78 is 0. The first-order valence-electron chi connectivity index (χ1n) is 7.20. The zero-order chi connectivity index (χ0) is 15.0. The standard InChI is InChI=1S/C15H18ClN3O2/c16-12-8-11(3-4-13(12)18-5-1-2-6-18)19-9-10(15(17)21)7-14(19)20/h3-4,8,10H,1-2,5-7,9H2,(H2,17,21)/t10-/m1/s1. The van der Waals surface area contributed by atoms with Crippen molar-refractivity contribution in [2.45, 2.75) is 19.3 Å². The second-order valence-corrected chi connectivity index (χ2v) is 6.04. The minimum Gasteiger partial charge on any atom is -0.370 e. The molecular weight excluding hydrogens is 290 g/mol. The third-order valence-electron chi connectivity index (χ3n) is 4.22. The fourth-order valence-corrected chi connectivity index (χ4v) is 3.32. The smallest absolute Gasteiger partial charge is 0.227 e. The van der Waals surface area contributed by atoms with Gasteiger partial charge in [-0.25, -0.2) is 0 Å². The Morgan fingerprint density at radius 2 is 2.00 bits per heavy atom. The van der Waals surface area contributed by atoms with Crippen molar-refractivity contribution < 1.29 is 9.59 Å². The molecule has 2 aliphatic rings. The molecule has 2 aliphatic heterocycles. The predicted octanol–water partition coefficient (Wildman–Crippen LogP) is 1.78. The topological polar surface area (TPSA) is 66.6 Å². The molecule has 0 spiro atoms. The van der Waals surface area contributed by atoms with Gasteiger partial charge in [-0.15, -0.1) is 0 Å². The van der Waals surface area contributed by atoms with E-state index < -0.39 is 11.8 Å². The van der Waals surface area contributed by atoms with Crippen LogP contribution in [0.25, 0.3) is 0 Å². The van der Waals surface area contributed by atoms with E-state index in [-0.39, 0.29) is 12.3 Å². The quantitative estimate of drug-likeness (QED) is 0.925. The number of hydrogen-bond acceptors (Lipinski definition) is 3. The Hall–Kier alpha value is -1.75. The maximum atomic E-state index is 12.0. The van der Waals surface area contributed by atoms with Crippen LogP contribution in [0.15, 0.2) is 18.2 Å². The molecule has 0 aliphatic carbocycles. The number of rotatable bonds is 3. The molecule has 1 aromatic carbocycles. The summed E-state index contributed by atoms with van der Waals surface area (Å²) in [5.74, 6) is -0.913. The number of anilines is 2. The van der Waals surface area contributed by atoms with Crippen molar-refractivity contribution in [3.05, 3.63) is 23.2 Å². The third kappa shape index (κ3) is 2.70. The molecule has 2 fully saturated rings. The van der Waals surface area contributed by atoms with Crippen LogP contribution in [0.5, 0.6) is 0 Å². The molecule has 5 nitrogen and oxygen atoms in total. The molecule has 112 valence electrons. The van der Waals surface area contributed by atoms with Gasteiger partial charge in [-0.05, 0) is 31.0 Å². The molecule has 0 unspecified atom stereocenters. The SMILES string of the molecule is NC(=O)[C@@H]1CC(=O)N(c2ccc(N3CCCC3)c(Cl)c2)C1. The van der Waals surface area contributed by atoms with Gasteiger partial charge in [0.2, 0.25) is 11.8 Å². The molecule has 0 bridgehead atoms. The van der Waals surface area contributed by atoms with Gasteiger partial charge in [-0.2, -0.15) is 0 Å². The van der Waals surface area contributed by atoms with Gasteiger partial charge in [0.25, 0.3) is 0 Å². The molecule has 2 N–H and O–H groups in total. The number of amides is 2. The first-order chi connectivity index (χ1) is 10.1. The minimum absolute atomic E-state index is 0.0798. The van der Waals surface area contributed by atoms with Crippen molar-refractivity contribution in [1.82, 2.24) is 0 Å². The zero-order valence-electron chi connectivity index (χ0n) is 11.7. The van der Waals surface area contributed by atoms with Crippen LogP contribution in [-0.4, -0.2) is 31.4 Å². The summed E-state index contributed by atoms with van der Waals surface area (Å²) in [7, 11) is 0. The largest absolute Gasteiger partial charge is 0.370 e. The van der Waals surface area contributed by atoms with Crippen LogP contribution >= 0.6 is 11.6 Å². The van der Waals surface area contributed by atoms with Crippen molar-refractivity contribution in [3.63, 3.8) is 0 Å². The molecule has 0 radical (unpaired) electrons. The van der Waals surface area contributed by atoms with Crippen LogP contribution in [0.2, 0.25) is 5.02 Å². The van der Waals surface area contributed by atoms with E-state index in [4.69, 9.17) is 17.3 Å². The van der Waals surface area contributed by atoms with E-state index in [0.717, 1.165) is 24.5 Å². The Morgan fingerprint density at radius 1 is 1.29 bits per heavy atom. The first kappa shape index (κ1) is 14.2. The molecule has 1 aromatic rings. The van der Waals surface area contributed by atoms with Crippen LogP contribution in [0, 0.1) is 5.92 Å². The highest BCUT2D eigenvalue weighted by Gasteiger charge is 2.34. The number of primary amides is 1. The summed E-state index contributed by atoms with van der Waals surface area (Å²) in [5.41, 5.74) is 7.03. The first-order valence-corrected chi connectivity index (χ1v) is 7.58. The summed E-state index contributed by atoms with van der Waals surface area (Å²) in [6, 6.07) is 5.64. The molecule has 0 aromatic heterocycles. The van der Waals surface area contributed by atoms with Crippen molar-refractivity contribution in [2.75, 3.05) is 29.4 Å². The van der Waals surface area contributed by atoms with Crippen molar-refractivity contribution in [1.29, 1.82) is 0 Å². The Labute approximate surface area is 128 Å². The lowest BCUT2D eigenvalue weighted by Crippen LogP contribution is -2.28. The van der Waals surface area contributed by atoms with Crippen LogP contribution in [-0.2, 0) is 9.59 Å². The van der Waals surface area contributed by atoms with Crippen molar-refractivity contribution >= 4 is 34.8 Å². The van der Waals surface area contributed by atoms with E-state index >= 15 is 0 Å². The number of carbonyl (C=O) groups is 2. The molecule has 2 amide bonds. The van der Waals surface area contributed by atoms with Gasteiger partial charge in [-0.3, -0.25) is 9.59 Å². The molecule has 3 rings (SSSR count). The predicted molar refractivity (Wildman–Crippen MR) is 82.6 cm³/mol. The molecule has 2 saturated heterocycles. The molecule has 21 heavy (non-hydrogen) atoms. The Morgan fingerprint density at radius 3 is 2.57 bits per heavy atom. The molecule has 0 saturated carbocycles. The zero-order valence-corrected chi connectivity index (χ0v) is 12.5. The van der Waals surface area contributed by atoms with Gasteiger partial charge in [0, 0.05) is 31.7 Å². The third-order valence-corrected chi connectivity index (χ3v) is 4.52. The average molecular weight is 308 g/mol. The van der Waals surface area contributed by atoms with Crippen molar-refractivity contribution in [2.24, 2.45) is 11.7 Å². The fraction of sp³-hybridized carbons (Fsp3) is 0.467. The number of hydrogen-bond donors (Lipinski definition) is 1. The van der Waals surface area contributed by atoms with Gasteiger partial charge in [0.05, 0.1) is 16.6 Å². The lowest BCUT2D eigenvalue weighted by atomic mass is 10.1. The molecule has 2 heterocycles. The van der Waals surface area contributed by atoms with E-state index in [2.05, 4.69) is 4.90 Å². The van der Waals surface area contributed by atoms with Gasteiger partial charge >= 0.3 is 0 Å². The van der Waals surface area contributed by atoms with Crippen molar-refractivity contribution in [3.8, 4) is 0 Å². The maximum absolute atomic E-state index is 12.0. The second kappa shape index (κ2) is 5.56. The summed E-state index contributed by atoms with van der Waals surface area (Å²) >= 11 is 6.36. The maximum Gasteiger partial charge on any atom is 0.227 e. The van der Waals surface area contributed by atoms with E-state index in [1.807, 2.05) is 12.1 Å². The van der Waals surface area contributed by atoms with Gasteiger partial charge in [0.1, 0.15) is 0 Å². The van der Waals surface area contributed by atoms with Crippen LogP contribution in [0.3, 0.4) is 0 Å². The van der Waals surface area contributed by atoms with E-state index in [0.29, 0.717) is 11.6 Å². The second-order valence-electron chi connectivity index (χ2n) is 5.64. The molecule has 1 atom stereocenters. The number of halogens is 1. The number of benzene rings is 1. The number of carbonyl (C=O) groups excluding carboxylic acids is 2. The van der Waals surface area contributed by atoms with Gasteiger partial charge in [0.15, 0.2) is 0 Å². The van der Waals surface area contributed by atoms with Gasteiger partial charge in [-0.1, -0.05) is 11.6 Å². The summed E-state index contributed by atoms with van der Waals surface area (Å²) in [4.78, 5) is 27.1. The fourth-order valence-electron chi connectivity index (χ4n) is 3.03. The lowest BCUT2D eigenvalue weighted by Gasteiger charge is -2.22. The number of nitrogens with two attached hydrogens (primary N) is 1. The molecular formula is C15H18ClN3O2. The van der Waals surface area contributed by atoms with Crippen LogP contribution < -0.4 is 15.5 Å². The average Bonchev–Trinajstić information content (AvgIpc) is 3.07. The van der Waals surface area contributed by atoms with E-state index in [1.165, 1.54) is 12.8 Å². The van der Waals surface area contributed by atoms with Crippen LogP contribution in [0.1, 0.15) is 19.3 Å². The van der Waals surface area contributed by atoms with Gasteiger partial charge < -0.3 is 15.5 Å². The minimum atomic E-state index is -0.425. The molecule has 6 heteroatoms. The highest BCUT2D eigenvalue weighted by atomic mass is 35.5. The normalized spacial score (nSPS) is 22.1. The Balaban J connectivity index is 1.82. The monoisotopic (exact) mass is 307 g/mol. The summed E-state index contributed by atoms with van der Waals surface area (Å²) in [6.45, 7) is 2.38. The highest BCUT2D eigenvalue weighted by Crippen LogP contribution is 2.34. The summed E-state index contributed by atoms with van der Waals surface area (Å²) in [5, 5.41) is 0.643. The Kier molecular flexibility index (Phi) is 3.76. The van der Waals surface area contributed by atoms with Crippen LogP contribution in [0.4, 0.5) is 11.4 Å². The van der Waals surface area contributed by atoms with E-state index in [9.17, 15) is 9.59 Å². The van der Waals surface area contributed by atoms with E-state index in [1.54, 1.807) is 11.0 Å². The summed E-state index contributed by atoms with van der Waals surface area (Å²) in [6.07, 6.45) is 2.55. The number of nitrogens with zero attached hydrogens (tertiary/aromatic N) is 2. The lowest BCUT2D eigenvalue weighted by molar-refractivity contribution is -0.123.